The first-order chi connectivity index (χ1) is 11.4. The lowest BCUT2D eigenvalue weighted by Crippen LogP contribution is -2.22. The Morgan fingerprint density at radius 3 is 1.96 bits per heavy atom. The highest BCUT2D eigenvalue weighted by atomic mass is 35.5. The van der Waals surface area contributed by atoms with E-state index < -0.39 is 29.2 Å². The number of rotatable bonds is 4. The zero-order valence-corrected chi connectivity index (χ0v) is 14.5. The molecule has 3 nitrogen and oxygen atoms in total. The second kappa shape index (κ2) is 6.91. The number of aromatic nitrogens is 1. The molecule has 0 aliphatic carbocycles. The van der Waals surface area contributed by atoms with Crippen molar-refractivity contribution >= 4 is 34.3 Å². The minimum Gasteiger partial charge on any atom is -0.380 e. The van der Waals surface area contributed by atoms with Gasteiger partial charge in [0.2, 0.25) is 0 Å². The van der Waals surface area contributed by atoms with Crippen LogP contribution in [0.5, 0.6) is 0 Å². The molecular formula is C14H12ClF6N3S. The maximum Gasteiger partial charge on any atom is 0.418 e. The molecule has 1 aromatic heterocycles. The molecule has 0 unspecified atom stereocenters. The van der Waals surface area contributed by atoms with E-state index in [1.807, 2.05) is 0 Å². The molecule has 0 saturated carbocycles. The normalized spacial score (nSPS) is 12.4. The molecule has 2 rings (SSSR count). The maximum absolute atomic E-state index is 13.3. The van der Waals surface area contributed by atoms with Crippen LogP contribution >= 0.6 is 22.9 Å². The van der Waals surface area contributed by atoms with Gasteiger partial charge in [-0.05, 0) is 12.1 Å². The molecule has 0 radical (unpaired) electrons. The Bertz CT molecular complexity index is 719. The molecule has 1 N–H and O–H groups in total. The Hall–Kier alpha value is -1.68. The predicted molar refractivity (Wildman–Crippen MR) is 85.2 cm³/mol. The number of hydrogen-bond donors (Lipinski definition) is 1. The second-order valence-corrected chi connectivity index (χ2v) is 6.94. The maximum atomic E-state index is 13.3. The summed E-state index contributed by atoms with van der Waals surface area (Å²) >= 11 is 6.72. The minimum atomic E-state index is -4.94. The summed E-state index contributed by atoms with van der Waals surface area (Å²) in [4.78, 5) is 5.13. The van der Waals surface area contributed by atoms with Crippen molar-refractivity contribution in [3.63, 3.8) is 0 Å². The van der Waals surface area contributed by atoms with Gasteiger partial charge in [-0.25, -0.2) is 4.98 Å². The summed E-state index contributed by atoms with van der Waals surface area (Å²) in [6.45, 7) is 0.000290. The topological polar surface area (TPSA) is 28.2 Å². The summed E-state index contributed by atoms with van der Waals surface area (Å²) in [5.41, 5.74) is -3.95. The van der Waals surface area contributed by atoms with Crippen molar-refractivity contribution in [3.05, 3.63) is 38.8 Å². The van der Waals surface area contributed by atoms with Crippen molar-refractivity contribution in [1.29, 1.82) is 0 Å². The molecule has 0 aliphatic heterocycles. The number of nitrogens with zero attached hydrogens (tertiary/aromatic N) is 2. The number of alkyl halides is 6. The number of anilines is 2. The molecule has 1 aromatic carbocycles. The van der Waals surface area contributed by atoms with Gasteiger partial charge >= 0.3 is 12.4 Å². The molecule has 0 fully saturated rings. The highest BCUT2D eigenvalue weighted by Gasteiger charge is 2.42. The van der Waals surface area contributed by atoms with Gasteiger partial charge in [0, 0.05) is 30.9 Å². The Morgan fingerprint density at radius 1 is 1.08 bits per heavy atom. The molecule has 138 valence electrons. The molecule has 0 spiro atoms. The van der Waals surface area contributed by atoms with Crippen molar-refractivity contribution in [3.8, 4) is 0 Å². The first-order valence-corrected chi connectivity index (χ1v) is 7.93. The lowest BCUT2D eigenvalue weighted by Gasteiger charge is -2.25. The molecule has 11 heteroatoms. The van der Waals surface area contributed by atoms with E-state index >= 15 is 0 Å². The number of halogens is 7. The average Bonchev–Trinajstić information content (AvgIpc) is 2.87. The Morgan fingerprint density at radius 2 is 1.60 bits per heavy atom. The first-order valence-electron chi connectivity index (χ1n) is 6.73. The highest BCUT2D eigenvalue weighted by Crippen LogP contribution is 2.45. The summed E-state index contributed by atoms with van der Waals surface area (Å²) < 4.78 is 79.9. The number of thiazole rings is 1. The van der Waals surface area contributed by atoms with Gasteiger partial charge in [0.05, 0.1) is 23.4 Å². The average molecular weight is 404 g/mol. The zero-order chi connectivity index (χ0) is 19.0. The van der Waals surface area contributed by atoms with Crippen LogP contribution < -0.4 is 10.2 Å². The van der Waals surface area contributed by atoms with E-state index in [1.165, 1.54) is 6.20 Å². The van der Waals surface area contributed by atoms with Crippen LogP contribution in [0.3, 0.4) is 0 Å². The molecule has 0 saturated heterocycles. The molecule has 25 heavy (non-hydrogen) atoms. The summed E-state index contributed by atoms with van der Waals surface area (Å²) in [6, 6.07) is 1.32. The summed E-state index contributed by atoms with van der Waals surface area (Å²) in [6.07, 6.45) is -8.49. The standard InChI is InChI=1S/C14H12ClF6N3S/c1-24(2)11-9(13(16,17)18)3-7(4-10(11)14(19,20)21)22-5-8-6-23-12(15)25-8/h3-4,6,22H,5H2,1-2H3. The van der Waals surface area contributed by atoms with Gasteiger partial charge in [-0.2, -0.15) is 26.3 Å². The third-order valence-electron chi connectivity index (χ3n) is 3.16. The lowest BCUT2D eigenvalue weighted by molar-refractivity contribution is -0.142. The smallest absolute Gasteiger partial charge is 0.380 e. The van der Waals surface area contributed by atoms with E-state index in [0.717, 1.165) is 30.3 Å². The van der Waals surface area contributed by atoms with Gasteiger partial charge in [0.1, 0.15) is 0 Å². The molecule has 0 amide bonds. The largest absolute Gasteiger partial charge is 0.418 e. The third-order valence-corrected chi connectivity index (χ3v) is 4.27. The van der Waals surface area contributed by atoms with Gasteiger partial charge < -0.3 is 10.2 Å². The van der Waals surface area contributed by atoms with Crippen LogP contribution in [0.15, 0.2) is 18.3 Å². The van der Waals surface area contributed by atoms with E-state index in [4.69, 9.17) is 11.6 Å². The van der Waals surface area contributed by atoms with Crippen molar-refractivity contribution in [2.24, 2.45) is 0 Å². The molecule has 0 atom stereocenters. The summed E-state index contributed by atoms with van der Waals surface area (Å²) in [7, 11) is 2.26. The Balaban J connectivity index is 2.50. The van der Waals surface area contributed by atoms with Crippen molar-refractivity contribution in [2.75, 3.05) is 24.3 Å². The second-order valence-electron chi connectivity index (χ2n) is 5.24. The zero-order valence-electron chi connectivity index (χ0n) is 12.9. The minimum absolute atomic E-state index is 0.000290. The SMILES string of the molecule is CN(C)c1c(C(F)(F)F)cc(NCc2cnc(Cl)s2)cc1C(F)(F)F. The van der Waals surface area contributed by atoms with E-state index in [9.17, 15) is 26.3 Å². The van der Waals surface area contributed by atoms with Gasteiger partial charge in [-0.3, -0.25) is 0 Å². The van der Waals surface area contributed by atoms with Gasteiger partial charge in [-0.1, -0.05) is 11.6 Å². The third kappa shape index (κ3) is 4.69. The van der Waals surface area contributed by atoms with E-state index in [0.29, 0.717) is 17.0 Å². The Kier molecular flexibility index (Phi) is 5.43. The van der Waals surface area contributed by atoms with Crippen molar-refractivity contribution in [1.82, 2.24) is 4.98 Å². The molecule has 2 aromatic rings. The molecular weight excluding hydrogens is 392 g/mol. The fraction of sp³-hybridized carbons (Fsp3) is 0.357. The van der Waals surface area contributed by atoms with Crippen LogP contribution in [-0.2, 0) is 18.9 Å². The van der Waals surface area contributed by atoms with Crippen molar-refractivity contribution in [2.45, 2.75) is 18.9 Å². The van der Waals surface area contributed by atoms with Gasteiger partial charge in [0.25, 0.3) is 0 Å². The predicted octanol–water partition coefficient (Wildman–Crippen LogP) is 5.51. The van der Waals surface area contributed by atoms with Crippen LogP contribution in [0.1, 0.15) is 16.0 Å². The molecule has 0 bridgehead atoms. The summed E-state index contributed by atoms with van der Waals surface area (Å²) in [5.74, 6) is 0. The van der Waals surface area contributed by atoms with Crippen LogP contribution in [0.25, 0.3) is 0 Å². The fourth-order valence-electron chi connectivity index (χ4n) is 2.21. The van der Waals surface area contributed by atoms with Crippen LogP contribution in [0.4, 0.5) is 37.7 Å². The number of nitrogens with one attached hydrogen (secondary N) is 1. The van der Waals surface area contributed by atoms with Crippen LogP contribution in [0, 0.1) is 0 Å². The summed E-state index contributed by atoms with van der Waals surface area (Å²) in [5, 5.41) is 2.56. The molecule has 0 aliphatic rings. The number of benzene rings is 1. The monoisotopic (exact) mass is 403 g/mol. The fourth-order valence-corrected chi connectivity index (χ4v) is 3.12. The van der Waals surface area contributed by atoms with E-state index in [-0.39, 0.29) is 16.7 Å². The highest BCUT2D eigenvalue weighted by molar-refractivity contribution is 7.15. The number of hydrogen-bond acceptors (Lipinski definition) is 4. The van der Waals surface area contributed by atoms with Gasteiger partial charge in [-0.15, -0.1) is 11.3 Å². The van der Waals surface area contributed by atoms with E-state index in [1.54, 1.807) is 0 Å². The quantitative estimate of drug-likeness (QED) is 0.682. The Labute approximate surface area is 148 Å². The van der Waals surface area contributed by atoms with Crippen LogP contribution in [-0.4, -0.2) is 19.1 Å². The van der Waals surface area contributed by atoms with Gasteiger partial charge in [0.15, 0.2) is 4.47 Å². The molecule has 1 heterocycles. The lowest BCUT2D eigenvalue weighted by atomic mass is 10.0. The first kappa shape index (κ1) is 19.6. The van der Waals surface area contributed by atoms with Crippen LogP contribution in [0.2, 0.25) is 4.47 Å². The van der Waals surface area contributed by atoms with Crippen molar-refractivity contribution < 1.29 is 26.3 Å². The van der Waals surface area contributed by atoms with E-state index in [2.05, 4.69) is 10.3 Å².